The number of sulfone groups is 1. The molecule has 0 unspecified atom stereocenters. The molecule has 0 saturated carbocycles. The summed E-state index contributed by atoms with van der Waals surface area (Å²) in [6.07, 6.45) is 0. The van der Waals surface area contributed by atoms with Crippen LogP contribution in [0.15, 0.2) is 107 Å². The molecule has 0 radical (unpaired) electrons. The Balaban J connectivity index is 1.64. The van der Waals surface area contributed by atoms with Gasteiger partial charge in [-0.15, -0.1) is 0 Å². The van der Waals surface area contributed by atoms with Crippen molar-refractivity contribution in [2.45, 2.75) is 9.79 Å². The number of carboxylic acids is 1. The van der Waals surface area contributed by atoms with Crippen LogP contribution in [0.3, 0.4) is 0 Å². The van der Waals surface area contributed by atoms with Gasteiger partial charge < -0.3 is 21.3 Å². The van der Waals surface area contributed by atoms with Crippen molar-refractivity contribution in [2.75, 3.05) is 5.73 Å². The number of amidine groups is 1. The first kappa shape index (κ1) is 26.4. The lowest BCUT2D eigenvalue weighted by molar-refractivity contribution is 0.0698. The van der Waals surface area contributed by atoms with Crippen molar-refractivity contribution in [3.05, 3.63) is 114 Å². The van der Waals surface area contributed by atoms with Gasteiger partial charge in [0.1, 0.15) is 23.2 Å². The fourth-order valence-corrected chi connectivity index (χ4v) is 5.58. The smallest absolute Gasteiger partial charge is 0.337 e. The van der Waals surface area contributed by atoms with Crippen LogP contribution < -0.4 is 16.2 Å². The molecule has 0 amide bonds. The molecule has 0 heterocycles. The summed E-state index contributed by atoms with van der Waals surface area (Å²) in [6, 6.07) is 23.6. The quantitative estimate of drug-likeness (QED) is 0.0851. The molecule has 0 aliphatic carbocycles. The number of carboxylic acid groups (broad SMARTS) is 1. The molecular weight excluding hydrogens is 533 g/mol. The van der Waals surface area contributed by atoms with Crippen LogP contribution in [0.5, 0.6) is 11.5 Å². The monoisotopic (exact) mass is 555 g/mol. The number of nitrogen functional groups attached to an aromatic ring is 2. The molecule has 0 bridgehead atoms. The van der Waals surface area contributed by atoms with Crippen LogP contribution in [0.4, 0.5) is 10.1 Å². The number of fused-ring (bicyclic) bond motifs is 1. The van der Waals surface area contributed by atoms with E-state index in [9.17, 15) is 22.7 Å². The molecule has 8 nitrogen and oxygen atoms in total. The number of aromatic carboxylic acids is 1. The van der Waals surface area contributed by atoms with Crippen LogP contribution in [0.2, 0.25) is 0 Å². The van der Waals surface area contributed by atoms with Gasteiger partial charge in [-0.3, -0.25) is 5.41 Å². The molecule has 0 fully saturated rings. The summed E-state index contributed by atoms with van der Waals surface area (Å²) in [5.74, 6) is -1.21. The van der Waals surface area contributed by atoms with Gasteiger partial charge in [0.15, 0.2) is 0 Å². The number of halogens is 1. The number of para-hydroxylation sites is 1. The Hall–Kier alpha value is -5.22. The summed E-state index contributed by atoms with van der Waals surface area (Å²) in [5, 5.41) is 18.9. The third-order valence-corrected chi connectivity index (χ3v) is 8.13. The first-order valence-electron chi connectivity index (χ1n) is 11.9. The van der Waals surface area contributed by atoms with Gasteiger partial charge in [0.2, 0.25) is 9.84 Å². The molecule has 0 aliphatic rings. The van der Waals surface area contributed by atoms with Crippen LogP contribution in [-0.2, 0) is 9.84 Å². The Morgan fingerprint density at radius 3 is 2.20 bits per heavy atom. The van der Waals surface area contributed by atoms with Crippen molar-refractivity contribution in [3.8, 4) is 22.6 Å². The minimum absolute atomic E-state index is 0.0521. The van der Waals surface area contributed by atoms with Gasteiger partial charge in [-0.25, -0.2) is 17.6 Å². The van der Waals surface area contributed by atoms with E-state index in [1.165, 1.54) is 42.5 Å². The van der Waals surface area contributed by atoms with E-state index < -0.39 is 21.6 Å². The molecular formula is C30H22FN3O5S. The molecule has 10 heteroatoms. The molecule has 6 N–H and O–H groups in total. The summed E-state index contributed by atoms with van der Waals surface area (Å²) in [7, 11) is -4.06. The van der Waals surface area contributed by atoms with Gasteiger partial charge in [-0.05, 0) is 77.5 Å². The summed E-state index contributed by atoms with van der Waals surface area (Å²) < 4.78 is 46.3. The van der Waals surface area contributed by atoms with E-state index in [0.717, 1.165) is 22.9 Å². The third kappa shape index (κ3) is 4.95. The molecule has 0 spiro atoms. The normalized spacial score (nSPS) is 11.3. The van der Waals surface area contributed by atoms with Crippen molar-refractivity contribution in [1.29, 1.82) is 5.41 Å². The number of ether oxygens (including phenoxy) is 1. The van der Waals surface area contributed by atoms with Crippen LogP contribution >= 0.6 is 0 Å². The van der Waals surface area contributed by atoms with Crippen molar-refractivity contribution >= 4 is 38.1 Å². The highest BCUT2D eigenvalue weighted by molar-refractivity contribution is 7.91. The predicted molar refractivity (Wildman–Crippen MR) is 150 cm³/mol. The van der Waals surface area contributed by atoms with E-state index in [0.29, 0.717) is 11.3 Å². The highest BCUT2D eigenvalue weighted by Crippen LogP contribution is 2.40. The van der Waals surface area contributed by atoms with Gasteiger partial charge in [0, 0.05) is 16.7 Å². The zero-order valence-corrected chi connectivity index (χ0v) is 21.6. The van der Waals surface area contributed by atoms with Gasteiger partial charge >= 0.3 is 5.97 Å². The summed E-state index contributed by atoms with van der Waals surface area (Å²) >= 11 is 0. The second kappa shape index (κ2) is 10.2. The first-order chi connectivity index (χ1) is 19.0. The van der Waals surface area contributed by atoms with Crippen molar-refractivity contribution in [3.63, 3.8) is 0 Å². The van der Waals surface area contributed by atoms with E-state index >= 15 is 0 Å². The van der Waals surface area contributed by atoms with Crippen LogP contribution in [0, 0.1) is 11.2 Å². The highest BCUT2D eigenvalue weighted by atomic mass is 32.2. The van der Waals surface area contributed by atoms with Crippen molar-refractivity contribution in [2.24, 2.45) is 5.73 Å². The lowest BCUT2D eigenvalue weighted by Gasteiger charge is -2.16. The SMILES string of the molecule is N=C(N)c1ccc2cc(Oc3ccc(S(=O)(=O)c4ccc(F)cc4)cc3-c3cccc(C(=O)O)c3N)ccc2c1. The summed E-state index contributed by atoms with van der Waals surface area (Å²) in [5.41, 5.74) is 12.7. The largest absolute Gasteiger partial charge is 0.478 e. The van der Waals surface area contributed by atoms with E-state index in [4.69, 9.17) is 21.6 Å². The zero-order valence-electron chi connectivity index (χ0n) is 20.8. The van der Waals surface area contributed by atoms with Crippen molar-refractivity contribution < 1.29 is 27.4 Å². The number of hydrogen-bond acceptors (Lipinski definition) is 6. The Kier molecular flexibility index (Phi) is 6.70. The summed E-state index contributed by atoms with van der Waals surface area (Å²) in [6.45, 7) is 0. The number of benzene rings is 5. The van der Waals surface area contributed by atoms with Crippen molar-refractivity contribution in [1.82, 2.24) is 0 Å². The number of rotatable bonds is 7. The number of carbonyl (C=O) groups is 1. The Morgan fingerprint density at radius 1 is 0.825 bits per heavy atom. The fraction of sp³-hybridized carbons (Fsp3) is 0. The molecule has 200 valence electrons. The second-order valence-electron chi connectivity index (χ2n) is 8.93. The predicted octanol–water partition coefficient (Wildman–Crippen LogP) is 5.84. The van der Waals surface area contributed by atoms with Gasteiger partial charge in [-0.2, -0.15) is 0 Å². The molecule has 40 heavy (non-hydrogen) atoms. The van der Waals surface area contributed by atoms with Gasteiger partial charge in [0.05, 0.1) is 21.0 Å². The number of nitrogens with two attached hydrogens (primary N) is 2. The molecule has 5 rings (SSSR count). The maximum absolute atomic E-state index is 13.4. The molecule has 0 saturated heterocycles. The molecule has 5 aromatic rings. The maximum atomic E-state index is 13.4. The topological polar surface area (TPSA) is 157 Å². The first-order valence-corrected chi connectivity index (χ1v) is 13.4. The average Bonchev–Trinajstić information content (AvgIpc) is 2.93. The molecule has 5 aromatic carbocycles. The number of nitrogens with one attached hydrogen (secondary N) is 1. The fourth-order valence-electron chi connectivity index (χ4n) is 4.29. The van der Waals surface area contributed by atoms with Crippen LogP contribution in [0.1, 0.15) is 15.9 Å². The van der Waals surface area contributed by atoms with Gasteiger partial charge in [-0.1, -0.05) is 30.3 Å². The van der Waals surface area contributed by atoms with E-state index in [-0.39, 0.29) is 43.8 Å². The standard InChI is InChI=1S/C30H22FN3O5S/c31-20-7-10-22(11-8-20)40(37,38)23-12-13-27(26(16-23)24-2-1-3-25(28(24)32)30(35)36)39-21-9-6-17-14-19(29(33)34)5-4-18(17)15-21/h1-16H,32H2,(H3,33,34)(H,35,36). The molecule has 0 atom stereocenters. The number of anilines is 1. The van der Waals surface area contributed by atoms with Crippen LogP contribution in [0.25, 0.3) is 21.9 Å². The Morgan fingerprint density at radius 2 is 1.50 bits per heavy atom. The average molecular weight is 556 g/mol. The lowest BCUT2D eigenvalue weighted by Crippen LogP contribution is -2.10. The summed E-state index contributed by atoms with van der Waals surface area (Å²) in [4.78, 5) is 11.5. The Bertz CT molecular complexity index is 1920. The molecule has 0 aliphatic heterocycles. The Labute approximate surface area is 228 Å². The third-order valence-electron chi connectivity index (χ3n) is 6.36. The van der Waals surface area contributed by atoms with E-state index in [1.807, 2.05) is 0 Å². The van der Waals surface area contributed by atoms with Gasteiger partial charge in [0.25, 0.3) is 0 Å². The second-order valence-corrected chi connectivity index (χ2v) is 10.9. The minimum Gasteiger partial charge on any atom is -0.478 e. The highest BCUT2D eigenvalue weighted by Gasteiger charge is 2.22. The zero-order chi connectivity index (χ0) is 28.6. The maximum Gasteiger partial charge on any atom is 0.337 e. The lowest BCUT2D eigenvalue weighted by atomic mass is 9.99. The minimum atomic E-state index is -4.06. The molecule has 0 aromatic heterocycles. The van der Waals surface area contributed by atoms with E-state index in [2.05, 4.69) is 0 Å². The van der Waals surface area contributed by atoms with E-state index in [1.54, 1.807) is 42.5 Å². The van der Waals surface area contributed by atoms with Crippen LogP contribution in [-0.4, -0.2) is 25.3 Å². The number of hydrogen-bond donors (Lipinski definition) is 4.